The minimum atomic E-state index is 0.266. The molecule has 1 heterocycles. The van der Waals surface area contributed by atoms with Gasteiger partial charge in [-0.15, -0.1) is 0 Å². The molecule has 1 saturated heterocycles. The first-order valence-corrected chi connectivity index (χ1v) is 7.14. The first kappa shape index (κ1) is 14.5. The molecule has 106 valence electrons. The van der Waals surface area contributed by atoms with Gasteiger partial charge in [0.15, 0.2) is 0 Å². The third kappa shape index (κ3) is 4.03. The minimum Gasteiger partial charge on any atom is -0.381 e. The molecule has 1 unspecified atom stereocenters. The second-order valence-corrected chi connectivity index (χ2v) is 5.33. The third-order valence-electron chi connectivity index (χ3n) is 3.95. The van der Waals surface area contributed by atoms with Crippen LogP contribution in [0.3, 0.4) is 0 Å². The molecule has 1 aromatic carbocycles. The van der Waals surface area contributed by atoms with Gasteiger partial charge in [0.05, 0.1) is 18.8 Å². The summed E-state index contributed by atoms with van der Waals surface area (Å²) in [6.07, 6.45) is 2.39. The Labute approximate surface area is 116 Å². The topological polar surface area (TPSA) is 30.5 Å². The van der Waals surface area contributed by atoms with Crippen LogP contribution in [0.1, 0.15) is 35.6 Å². The molecule has 0 saturated carbocycles. The summed E-state index contributed by atoms with van der Waals surface area (Å²) in [7, 11) is 1.99. The zero-order valence-corrected chi connectivity index (χ0v) is 12.2. The number of aryl methyl sites for hydroxylation is 2. The van der Waals surface area contributed by atoms with Crippen LogP contribution in [0.15, 0.2) is 18.2 Å². The Bertz CT molecular complexity index is 400. The molecule has 0 aromatic heterocycles. The molecule has 3 nitrogen and oxygen atoms in total. The molecule has 1 atom stereocenters. The van der Waals surface area contributed by atoms with Crippen molar-refractivity contribution in [3.05, 3.63) is 34.9 Å². The van der Waals surface area contributed by atoms with Crippen LogP contribution >= 0.6 is 0 Å². The van der Waals surface area contributed by atoms with E-state index in [2.05, 4.69) is 37.4 Å². The third-order valence-corrected chi connectivity index (χ3v) is 3.95. The number of ether oxygens (including phenoxy) is 2. The van der Waals surface area contributed by atoms with Gasteiger partial charge in [-0.2, -0.15) is 0 Å². The molecule has 1 aromatic rings. The van der Waals surface area contributed by atoms with Crippen LogP contribution < -0.4 is 5.32 Å². The van der Waals surface area contributed by atoms with Gasteiger partial charge in [-0.25, -0.2) is 0 Å². The highest BCUT2D eigenvalue weighted by molar-refractivity contribution is 5.31. The van der Waals surface area contributed by atoms with Crippen LogP contribution in [0.2, 0.25) is 0 Å². The van der Waals surface area contributed by atoms with Gasteiger partial charge in [0.2, 0.25) is 0 Å². The number of hydrogen-bond acceptors (Lipinski definition) is 3. The summed E-state index contributed by atoms with van der Waals surface area (Å²) in [5, 5.41) is 3.35. The van der Waals surface area contributed by atoms with Crippen molar-refractivity contribution in [2.75, 3.05) is 26.9 Å². The molecule has 0 amide bonds. The molecule has 0 radical (unpaired) electrons. The van der Waals surface area contributed by atoms with Crippen molar-refractivity contribution in [1.29, 1.82) is 0 Å². The molecule has 1 aliphatic rings. The highest BCUT2D eigenvalue weighted by Gasteiger charge is 2.17. The van der Waals surface area contributed by atoms with E-state index in [0.29, 0.717) is 6.10 Å². The summed E-state index contributed by atoms with van der Waals surface area (Å²) in [5.74, 6) is 0. The average Bonchev–Trinajstić information content (AvgIpc) is 2.44. The summed E-state index contributed by atoms with van der Waals surface area (Å²) in [5.41, 5.74) is 3.98. The molecule has 1 aliphatic heterocycles. The van der Waals surface area contributed by atoms with Crippen molar-refractivity contribution >= 4 is 0 Å². The Morgan fingerprint density at radius 1 is 1.26 bits per heavy atom. The summed E-state index contributed by atoms with van der Waals surface area (Å²) < 4.78 is 11.4. The highest BCUT2D eigenvalue weighted by Crippen LogP contribution is 2.19. The summed E-state index contributed by atoms with van der Waals surface area (Å²) in [4.78, 5) is 0. The van der Waals surface area contributed by atoms with E-state index in [4.69, 9.17) is 9.47 Å². The lowest BCUT2D eigenvalue weighted by molar-refractivity contribution is -0.0378. The predicted molar refractivity (Wildman–Crippen MR) is 77.5 cm³/mol. The van der Waals surface area contributed by atoms with Crippen LogP contribution in [0.25, 0.3) is 0 Å². The SMILES string of the molecule is CNC(COC1CCOCC1)c1ccc(C)c(C)c1. The summed E-state index contributed by atoms with van der Waals surface area (Å²) in [6, 6.07) is 6.89. The Morgan fingerprint density at radius 2 is 2.00 bits per heavy atom. The van der Waals surface area contributed by atoms with E-state index >= 15 is 0 Å². The van der Waals surface area contributed by atoms with E-state index < -0.39 is 0 Å². The fraction of sp³-hybridized carbons (Fsp3) is 0.625. The van der Waals surface area contributed by atoms with Crippen LogP contribution in [-0.2, 0) is 9.47 Å². The average molecular weight is 263 g/mol. The smallest absolute Gasteiger partial charge is 0.0665 e. The predicted octanol–water partition coefficient (Wildman–Crippen LogP) is 2.76. The summed E-state index contributed by atoms with van der Waals surface area (Å²) >= 11 is 0. The van der Waals surface area contributed by atoms with E-state index in [1.165, 1.54) is 16.7 Å². The van der Waals surface area contributed by atoms with Gasteiger partial charge in [-0.05, 0) is 50.4 Å². The number of hydrogen-bond donors (Lipinski definition) is 1. The number of likely N-dealkylation sites (N-methyl/N-ethyl adjacent to an activating group) is 1. The molecule has 2 rings (SSSR count). The van der Waals surface area contributed by atoms with Crippen molar-refractivity contribution in [2.24, 2.45) is 0 Å². The second-order valence-electron chi connectivity index (χ2n) is 5.33. The summed E-state index contributed by atoms with van der Waals surface area (Å²) in [6.45, 7) is 6.69. The number of benzene rings is 1. The van der Waals surface area contributed by atoms with Gasteiger partial charge in [0.1, 0.15) is 0 Å². The molecule has 19 heavy (non-hydrogen) atoms. The molecule has 0 bridgehead atoms. The maximum Gasteiger partial charge on any atom is 0.0665 e. The van der Waals surface area contributed by atoms with E-state index in [0.717, 1.165) is 32.7 Å². The van der Waals surface area contributed by atoms with Crippen molar-refractivity contribution in [3.63, 3.8) is 0 Å². The van der Waals surface area contributed by atoms with Crippen molar-refractivity contribution in [3.8, 4) is 0 Å². The molecular weight excluding hydrogens is 238 g/mol. The van der Waals surface area contributed by atoms with E-state index in [-0.39, 0.29) is 6.04 Å². The fourth-order valence-electron chi connectivity index (χ4n) is 2.40. The zero-order valence-electron chi connectivity index (χ0n) is 12.2. The van der Waals surface area contributed by atoms with Crippen molar-refractivity contribution in [1.82, 2.24) is 5.32 Å². The molecule has 0 spiro atoms. The molecule has 1 fully saturated rings. The van der Waals surface area contributed by atoms with E-state index in [1.807, 2.05) is 7.05 Å². The van der Waals surface area contributed by atoms with Crippen LogP contribution in [0.4, 0.5) is 0 Å². The lowest BCUT2D eigenvalue weighted by Crippen LogP contribution is -2.29. The monoisotopic (exact) mass is 263 g/mol. The normalized spacial score (nSPS) is 18.5. The Kier molecular flexibility index (Phi) is 5.37. The van der Waals surface area contributed by atoms with Gasteiger partial charge in [0, 0.05) is 13.2 Å². The molecular formula is C16H25NO2. The van der Waals surface area contributed by atoms with Crippen LogP contribution in [-0.4, -0.2) is 33.0 Å². The fourth-order valence-corrected chi connectivity index (χ4v) is 2.40. The second kappa shape index (κ2) is 7.04. The lowest BCUT2D eigenvalue weighted by atomic mass is 10.0. The maximum atomic E-state index is 6.02. The highest BCUT2D eigenvalue weighted by atomic mass is 16.5. The zero-order chi connectivity index (χ0) is 13.7. The lowest BCUT2D eigenvalue weighted by Gasteiger charge is -2.25. The van der Waals surface area contributed by atoms with Gasteiger partial charge in [-0.1, -0.05) is 18.2 Å². The molecule has 1 N–H and O–H groups in total. The quantitative estimate of drug-likeness (QED) is 0.886. The first-order valence-electron chi connectivity index (χ1n) is 7.14. The van der Waals surface area contributed by atoms with Crippen LogP contribution in [0.5, 0.6) is 0 Å². The van der Waals surface area contributed by atoms with Crippen molar-refractivity contribution in [2.45, 2.75) is 38.8 Å². The molecule has 0 aliphatic carbocycles. The first-order chi connectivity index (χ1) is 9.20. The van der Waals surface area contributed by atoms with E-state index in [9.17, 15) is 0 Å². The Morgan fingerprint density at radius 3 is 2.63 bits per heavy atom. The maximum absolute atomic E-state index is 6.02. The van der Waals surface area contributed by atoms with Gasteiger partial charge in [0.25, 0.3) is 0 Å². The number of nitrogens with one attached hydrogen (secondary N) is 1. The Balaban J connectivity index is 1.93. The standard InChI is InChI=1S/C16H25NO2/c1-12-4-5-14(10-13(12)2)16(17-3)11-19-15-6-8-18-9-7-15/h4-5,10,15-17H,6-9,11H2,1-3H3. The number of rotatable bonds is 5. The molecule has 3 heteroatoms. The minimum absolute atomic E-state index is 0.266. The van der Waals surface area contributed by atoms with Gasteiger partial charge in [-0.3, -0.25) is 0 Å². The van der Waals surface area contributed by atoms with E-state index in [1.54, 1.807) is 0 Å². The van der Waals surface area contributed by atoms with Gasteiger partial charge >= 0.3 is 0 Å². The largest absolute Gasteiger partial charge is 0.381 e. The van der Waals surface area contributed by atoms with Crippen molar-refractivity contribution < 1.29 is 9.47 Å². The Hall–Kier alpha value is -0.900. The van der Waals surface area contributed by atoms with Crippen LogP contribution in [0, 0.1) is 13.8 Å². The van der Waals surface area contributed by atoms with Gasteiger partial charge < -0.3 is 14.8 Å².